The quantitative estimate of drug-likeness (QED) is 0.528. The minimum absolute atomic E-state index is 0.245. The molecule has 3 aliphatic heterocycles. The molecule has 9 heteroatoms. The Kier molecular flexibility index (Phi) is 3.87. The largest absolute Gasteiger partial charge is 0.348 e. The minimum Gasteiger partial charge on any atom is -0.348 e. The number of halogens is 2. The Hall–Kier alpha value is -0.520. The first kappa shape index (κ1) is 15.4. The molecule has 0 radical (unpaired) electrons. The van der Waals surface area contributed by atoms with Crippen LogP contribution in [0, 0.1) is 0 Å². The molecule has 0 saturated carbocycles. The summed E-state index contributed by atoms with van der Waals surface area (Å²) in [6, 6.07) is -0.667. The van der Waals surface area contributed by atoms with Crippen LogP contribution in [0.1, 0.15) is 13.8 Å². The second kappa shape index (κ2) is 5.28. The summed E-state index contributed by atoms with van der Waals surface area (Å²) in [5, 5.41) is 1.98. The molecule has 0 bridgehead atoms. The van der Waals surface area contributed by atoms with Gasteiger partial charge in [-0.3, -0.25) is 15.0 Å². The SMILES string of the molecule is CC1(C)OC2C(CI)OC(N3CC(F)C(=O)NC3=O)C2O1. The maximum Gasteiger partial charge on any atom is 0.326 e. The fourth-order valence-corrected chi connectivity index (χ4v) is 3.56. The summed E-state index contributed by atoms with van der Waals surface area (Å²) >= 11 is 2.16. The Balaban J connectivity index is 1.82. The third-order valence-corrected chi connectivity index (χ3v) is 4.59. The first-order valence-electron chi connectivity index (χ1n) is 6.65. The third kappa shape index (κ3) is 2.64. The van der Waals surface area contributed by atoms with E-state index in [0.29, 0.717) is 4.43 Å². The zero-order chi connectivity index (χ0) is 15.4. The van der Waals surface area contributed by atoms with Crippen LogP contribution in [0.15, 0.2) is 0 Å². The molecule has 7 nitrogen and oxygen atoms in total. The first-order chi connectivity index (χ1) is 9.82. The van der Waals surface area contributed by atoms with Gasteiger partial charge in [-0.2, -0.15) is 0 Å². The number of imide groups is 1. The standard InChI is InChI=1S/C12H16FIN2O5/c1-12(2)20-7-6(3-14)19-10(8(7)21-12)16-4-5(13)9(17)15-11(16)18/h5-8,10H,3-4H2,1-2H3,(H,15,17,18). The van der Waals surface area contributed by atoms with Crippen molar-refractivity contribution in [1.82, 2.24) is 10.2 Å². The first-order valence-corrected chi connectivity index (χ1v) is 8.17. The lowest BCUT2D eigenvalue weighted by atomic mass is 10.1. The van der Waals surface area contributed by atoms with Crippen molar-refractivity contribution < 1.29 is 28.2 Å². The predicted octanol–water partition coefficient (Wildman–Crippen LogP) is 0.556. The van der Waals surface area contributed by atoms with E-state index >= 15 is 0 Å². The van der Waals surface area contributed by atoms with Gasteiger partial charge < -0.3 is 14.2 Å². The highest BCUT2D eigenvalue weighted by Crippen LogP contribution is 2.40. The van der Waals surface area contributed by atoms with E-state index in [1.807, 2.05) is 5.32 Å². The van der Waals surface area contributed by atoms with Crippen LogP contribution in [0.2, 0.25) is 0 Å². The molecule has 3 aliphatic rings. The van der Waals surface area contributed by atoms with Gasteiger partial charge in [-0.1, -0.05) is 22.6 Å². The van der Waals surface area contributed by atoms with Gasteiger partial charge in [-0.05, 0) is 13.8 Å². The topological polar surface area (TPSA) is 77.1 Å². The van der Waals surface area contributed by atoms with Crippen LogP contribution < -0.4 is 5.32 Å². The molecule has 0 spiro atoms. The van der Waals surface area contributed by atoms with Crippen molar-refractivity contribution >= 4 is 34.5 Å². The van der Waals surface area contributed by atoms with Crippen LogP contribution in [-0.2, 0) is 19.0 Å². The molecule has 21 heavy (non-hydrogen) atoms. The molecule has 5 unspecified atom stereocenters. The number of carbonyl (C=O) groups excluding carboxylic acids is 2. The second-order valence-electron chi connectivity index (χ2n) is 5.70. The number of ether oxygens (including phenoxy) is 3. The number of amides is 3. The van der Waals surface area contributed by atoms with Crippen molar-refractivity contribution in [2.75, 3.05) is 11.0 Å². The lowest BCUT2D eigenvalue weighted by molar-refractivity contribution is -0.199. The number of hydrogen-bond acceptors (Lipinski definition) is 5. The van der Waals surface area contributed by atoms with Gasteiger partial charge in [0.05, 0.1) is 12.6 Å². The number of alkyl halides is 2. The van der Waals surface area contributed by atoms with Crippen molar-refractivity contribution in [3.8, 4) is 0 Å². The number of fused-ring (bicyclic) bond motifs is 1. The zero-order valence-corrected chi connectivity index (χ0v) is 13.7. The van der Waals surface area contributed by atoms with Crippen molar-refractivity contribution in [2.45, 2.75) is 50.3 Å². The van der Waals surface area contributed by atoms with Crippen LogP contribution in [-0.4, -0.2) is 64.3 Å². The molecule has 118 valence electrons. The molecule has 0 aromatic heterocycles. The summed E-state index contributed by atoms with van der Waals surface area (Å²) in [5.41, 5.74) is 0. The van der Waals surface area contributed by atoms with Crippen molar-refractivity contribution in [3.63, 3.8) is 0 Å². The Morgan fingerprint density at radius 1 is 1.38 bits per heavy atom. The van der Waals surface area contributed by atoms with E-state index < -0.39 is 36.2 Å². The smallest absolute Gasteiger partial charge is 0.326 e. The number of urea groups is 1. The summed E-state index contributed by atoms with van der Waals surface area (Å²) < 4.78 is 31.7. The lowest BCUT2D eigenvalue weighted by Crippen LogP contribution is -2.61. The molecule has 1 N–H and O–H groups in total. The van der Waals surface area contributed by atoms with E-state index in [2.05, 4.69) is 22.6 Å². The molecule has 0 aromatic carbocycles. The molecule has 3 amide bonds. The highest BCUT2D eigenvalue weighted by Gasteiger charge is 2.58. The summed E-state index contributed by atoms with van der Waals surface area (Å²) in [6.45, 7) is 3.23. The average Bonchev–Trinajstić information content (AvgIpc) is 2.87. The van der Waals surface area contributed by atoms with Gasteiger partial charge in [0, 0.05) is 4.43 Å². The Morgan fingerprint density at radius 3 is 2.71 bits per heavy atom. The van der Waals surface area contributed by atoms with Gasteiger partial charge in [0.25, 0.3) is 5.91 Å². The van der Waals surface area contributed by atoms with Gasteiger partial charge in [0.1, 0.15) is 12.2 Å². The van der Waals surface area contributed by atoms with E-state index in [-0.39, 0.29) is 18.8 Å². The highest BCUT2D eigenvalue weighted by molar-refractivity contribution is 14.1. The van der Waals surface area contributed by atoms with Gasteiger partial charge in [0.2, 0.25) is 0 Å². The summed E-state index contributed by atoms with van der Waals surface area (Å²) in [6.07, 6.45) is -3.58. The normalized spacial score (nSPS) is 42.1. The fourth-order valence-electron chi connectivity index (χ4n) is 2.85. The highest BCUT2D eigenvalue weighted by atomic mass is 127. The van der Waals surface area contributed by atoms with Crippen molar-refractivity contribution in [1.29, 1.82) is 0 Å². The van der Waals surface area contributed by atoms with Crippen LogP contribution in [0.3, 0.4) is 0 Å². The van der Waals surface area contributed by atoms with E-state index in [1.165, 1.54) is 4.90 Å². The number of hydrogen-bond donors (Lipinski definition) is 1. The van der Waals surface area contributed by atoms with Crippen molar-refractivity contribution in [3.05, 3.63) is 0 Å². The number of nitrogens with one attached hydrogen (secondary N) is 1. The van der Waals surface area contributed by atoms with Gasteiger partial charge >= 0.3 is 6.03 Å². The van der Waals surface area contributed by atoms with Gasteiger partial charge in [0.15, 0.2) is 18.2 Å². The molecule has 3 saturated heterocycles. The van der Waals surface area contributed by atoms with E-state index in [1.54, 1.807) is 13.8 Å². The van der Waals surface area contributed by atoms with Crippen LogP contribution in [0.4, 0.5) is 9.18 Å². The Labute approximate surface area is 134 Å². The number of nitrogens with zero attached hydrogens (tertiary/aromatic N) is 1. The summed E-state index contributed by atoms with van der Waals surface area (Å²) in [4.78, 5) is 24.3. The molecule has 0 aromatic rings. The minimum atomic E-state index is -1.77. The Morgan fingerprint density at radius 2 is 2.05 bits per heavy atom. The predicted molar refractivity (Wildman–Crippen MR) is 76.5 cm³/mol. The van der Waals surface area contributed by atoms with Gasteiger partial charge in [-0.15, -0.1) is 0 Å². The summed E-state index contributed by atoms with van der Waals surface area (Å²) in [7, 11) is 0. The molecule has 3 rings (SSSR count). The second-order valence-corrected chi connectivity index (χ2v) is 6.58. The van der Waals surface area contributed by atoms with E-state index in [4.69, 9.17) is 14.2 Å². The number of rotatable bonds is 2. The van der Waals surface area contributed by atoms with Gasteiger partial charge in [-0.25, -0.2) is 9.18 Å². The van der Waals surface area contributed by atoms with Crippen LogP contribution in [0.25, 0.3) is 0 Å². The fraction of sp³-hybridized carbons (Fsp3) is 0.833. The Bertz CT molecular complexity index is 477. The molecule has 3 fully saturated rings. The van der Waals surface area contributed by atoms with Crippen LogP contribution in [0.5, 0.6) is 0 Å². The molecule has 0 aliphatic carbocycles. The van der Waals surface area contributed by atoms with Crippen LogP contribution >= 0.6 is 22.6 Å². The maximum atomic E-state index is 13.6. The summed E-state index contributed by atoms with van der Waals surface area (Å²) in [5.74, 6) is -1.70. The number of carbonyl (C=O) groups is 2. The van der Waals surface area contributed by atoms with E-state index in [0.717, 1.165) is 0 Å². The lowest BCUT2D eigenvalue weighted by Gasteiger charge is -2.35. The molecular formula is C12H16FIN2O5. The molecule has 3 heterocycles. The monoisotopic (exact) mass is 414 g/mol. The third-order valence-electron chi connectivity index (χ3n) is 3.72. The molecular weight excluding hydrogens is 398 g/mol. The molecule has 5 atom stereocenters. The zero-order valence-electron chi connectivity index (χ0n) is 11.5. The maximum absolute atomic E-state index is 13.6. The average molecular weight is 414 g/mol. The van der Waals surface area contributed by atoms with Crippen molar-refractivity contribution in [2.24, 2.45) is 0 Å². The van der Waals surface area contributed by atoms with E-state index in [9.17, 15) is 14.0 Å².